The zero-order valence-electron chi connectivity index (χ0n) is 43.9. The quantitative estimate of drug-likeness (QED) is 0.0907. The first kappa shape index (κ1) is 43.9. The molecule has 6 heteroatoms. The Morgan fingerprint density at radius 2 is 1.40 bits per heavy atom. The number of imidazole rings is 1. The van der Waals surface area contributed by atoms with Crippen LogP contribution in [0.2, 0.25) is 19.6 Å². The first-order valence-electron chi connectivity index (χ1n) is 25.0. The van der Waals surface area contributed by atoms with Crippen molar-refractivity contribution in [1.29, 1.82) is 0 Å². The maximum atomic E-state index is 7.35. The van der Waals surface area contributed by atoms with Crippen LogP contribution in [0.4, 0.5) is 0 Å². The second kappa shape index (κ2) is 18.4. The molecule has 0 amide bonds. The zero-order chi connectivity index (χ0) is 49.3. The van der Waals surface area contributed by atoms with Crippen LogP contribution in [0.3, 0.4) is 0 Å². The Morgan fingerprint density at radius 3 is 2.03 bits per heavy atom. The fourth-order valence-electron chi connectivity index (χ4n) is 9.26. The topological polar surface area (TPSA) is 43.9 Å². The van der Waals surface area contributed by atoms with Gasteiger partial charge in [-0.2, -0.15) is 0 Å². The molecule has 0 spiro atoms. The van der Waals surface area contributed by atoms with Crippen molar-refractivity contribution < 1.29 is 28.6 Å². The molecule has 1 radical (unpaired) electrons. The number of furan rings is 1. The van der Waals surface area contributed by atoms with Gasteiger partial charge in [-0.15, -0.1) is 53.1 Å². The van der Waals surface area contributed by atoms with Crippen molar-refractivity contribution in [3.63, 3.8) is 0 Å². The van der Waals surface area contributed by atoms with Gasteiger partial charge in [0.1, 0.15) is 5.58 Å². The number of aryl methyl sites for hydroxylation is 1. The molecule has 0 aliphatic carbocycles. The van der Waals surface area contributed by atoms with E-state index in [2.05, 4.69) is 201 Å². The Hall–Kier alpha value is -5.65. The Bertz CT molecular complexity index is 3450. The van der Waals surface area contributed by atoms with Crippen LogP contribution in [-0.4, -0.2) is 22.6 Å². The minimum Gasteiger partial charge on any atom is -0.501 e. The number of hydrogen-bond donors (Lipinski definition) is 0. The SMILES string of the molecule is CC(C)c1cc(C(C)C)c(-n2c(-c3[c-]cc(C(C)(C)C)c4c3oc3cc5c(ccc6ccccc65)cc34)nc3ccccc32)c(C(C)C)c1.[2H]C([2H])([2H])c1c[c-]c(-c2ccc([Si](C)(C)C)cn2)cc1.[Ir]. The molecule has 0 atom stereocenters. The van der Waals surface area contributed by atoms with Crippen LogP contribution >= 0.6 is 0 Å². The molecule has 7 aromatic carbocycles. The number of aromatic nitrogens is 3. The summed E-state index contributed by atoms with van der Waals surface area (Å²) in [5.41, 5.74) is 13.0. The Morgan fingerprint density at radius 1 is 0.701 bits per heavy atom. The Labute approximate surface area is 416 Å². The van der Waals surface area contributed by atoms with Crippen LogP contribution < -0.4 is 5.19 Å². The maximum Gasteiger partial charge on any atom is 0.121 e. The van der Waals surface area contributed by atoms with Crippen LogP contribution in [0.5, 0.6) is 0 Å². The zero-order valence-corrected chi connectivity index (χ0v) is 44.3. The van der Waals surface area contributed by atoms with Crippen molar-refractivity contribution >= 4 is 67.8 Å². The summed E-state index contributed by atoms with van der Waals surface area (Å²) in [7, 11) is -1.34. The van der Waals surface area contributed by atoms with E-state index in [1.54, 1.807) is 12.1 Å². The van der Waals surface area contributed by atoms with E-state index in [1.807, 2.05) is 12.3 Å². The molecule has 0 bridgehead atoms. The van der Waals surface area contributed by atoms with Gasteiger partial charge in [0.15, 0.2) is 0 Å². The standard InChI is InChI=1S/C46H45N2O.C15H18NSi.Ir/c1-26(2)31-23-34(27(3)4)43(35(24-31)28(5)6)48-40-17-13-12-16-39(40)47-45(48)33-20-21-38(46(7,8)9)42-37-22-30-19-18-29-14-10-11-15-32(29)36(30)25-41(37)49-44(33)42;1-12-5-7-13(8-6-12)15-10-9-14(11-16-15)17(2,3)4;/h10-19,21-28H,1-9H3;5-7,9-11H,1-4H3;/q2*-1;/i;1D3;. The first-order chi connectivity index (χ1) is 32.6. The van der Waals surface area contributed by atoms with E-state index in [0.717, 1.165) is 55.6 Å². The second-order valence-corrected chi connectivity index (χ2v) is 26.0. The molecule has 3 aromatic heterocycles. The monoisotopic (exact) mass is 1080 g/mol. The molecule has 343 valence electrons. The summed E-state index contributed by atoms with van der Waals surface area (Å²) in [4.78, 5) is 9.87. The molecule has 3 heterocycles. The smallest absolute Gasteiger partial charge is 0.121 e. The number of benzene rings is 7. The number of fused-ring (bicyclic) bond motifs is 7. The van der Waals surface area contributed by atoms with E-state index >= 15 is 0 Å². The van der Waals surface area contributed by atoms with E-state index < -0.39 is 14.9 Å². The molecule has 0 aliphatic heterocycles. The molecule has 10 rings (SSSR count). The molecule has 4 nitrogen and oxygen atoms in total. The normalized spacial score (nSPS) is 13.1. The molecular formula is C61H63IrN3OSi-2. The van der Waals surface area contributed by atoms with Gasteiger partial charge < -0.3 is 14.0 Å². The second-order valence-electron chi connectivity index (χ2n) is 20.9. The average molecular weight is 1080 g/mol. The number of pyridine rings is 1. The van der Waals surface area contributed by atoms with Gasteiger partial charge >= 0.3 is 0 Å². The summed E-state index contributed by atoms with van der Waals surface area (Å²) < 4.78 is 31.5. The van der Waals surface area contributed by atoms with E-state index in [-0.39, 0.29) is 25.5 Å². The minimum atomic E-state index is -2.08. The first-order valence-corrected chi connectivity index (χ1v) is 27.0. The molecular weight excluding hydrogens is 1010 g/mol. The predicted octanol–water partition coefficient (Wildman–Crippen LogP) is 16.8. The average Bonchev–Trinajstić information content (AvgIpc) is 3.88. The van der Waals surface area contributed by atoms with Gasteiger partial charge in [0.2, 0.25) is 0 Å². The predicted molar refractivity (Wildman–Crippen MR) is 285 cm³/mol. The van der Waals surface area contributed by atoms with Crippen molar-refractivity contribution in [1.82, 2.24) is 14.5 Å². The molecule has 0 fully saturated rings. The van der Waals surface area contributed by atoms with Crippen LogP contribution in [-0.2, 0) is 25.5 Å². The third kappa shape index (κ3) is 9.09. The fraction of sp³-hybridized carbons (Fsp3) is 0.279. The van der Waals surface area contributed by atoms with Gasteiger partial charge in [0, 0.05) is 41.5 Å². The van der Waals surface area contributed by atoms with Crippen molar-refractivity contribution in [3.8, 4) is 28.3 Å². The summed E-state index contributed by atoms with van der Waals surface area (Å²) in [6, 6.07) is 49.0. The van der Waals surface area contributed by atoms with E-state index in [9.17, 15) is 0 Å². The summed E-state index contributed by atoms with van der Waals surface area (Å²) >= 11 is 0. The number of hydrogen-bond acceptors (Lipinski definition) is 3. The van der Waals surface area contributed by atoms with E-state index in [4.69, 9.17) is 13.5 Å². The third-order valence-electron chi connectivity index (χ3n) is 13.0. The van der Waals surface area contributed by atoms with Crippen molar-refractivity contribution in [2.75, 3.05) is 0 Å². The number of nitrogens with zero attached hydrogens (tertiary/aromatic N) is 3. The number of para-hydroxylation sites is 2. The molecule has 10 aromatic rings. The molecule has 0 saturated heterocycles. The summed E-state index contributed by atoms with van der Waals surface area (Å²) in [5, 5.41) is 8.46. The van der Waals surface area contributed by atoms with E-state index in [0.29, 0.717) is 23.3 Å². The van der Waals surface area contributed by atoms with Crippen molar-refractivity contribution in [3.05, 3.63) is 167 Å². The molecule has 0 unspecified atom stereocenters. The Kier molecular flexibility index (Phi) is 12.1. The maximum absolute atomic E-state index is 7.35. The van der Waals surface area contributed by atoms with Crippen LogP contribution in [0.25, 0.3) is 82.8 Å². The number of rotatable bonds is 7. The van der Waals surface area contributed by atoms with Gasteiger partial charge in [-0.1, -0.05) is 173 Å². The van der Waals surface area contributed by atoms with E-state index in [1.165, 1.54) is 60.7 Å². The van der Waals surface area contributed by atoms with Gasteiger partial charge in [-0.05, 0) is 96.6 Å². The van der Waals surface area contributed by atoms with Crippen molar-refractivity contribution in [2.24, 2.45) is 0 Å². The summed E-state index contributed by atoms with van der Waals surface area (Å²) in [6.45, 7) is 25.4. The summed E-state index contributed by atoms with van der Waals surface area (Å²) in [6.07, 6.45) is 1.92. The van der Waals surface area contributed by atoms with Gasteiger partial charge in [0.25, 0.3) is 0 Å². The van der Waals surface area contributed by atoms with Gasteiger partial charge in [-0.25, -0.2) is 0 Å². The molecule has 0 N–H and O–H groups in total. The molecule has 0 aliphatic rings. The fourth-order valence-corrected chi connectivity index (χ4v) is 10.3. The van der Waals surface area contributed by atoms with Crippen molar-refractivity contribution in [2.45, 2.75) is 112 Å². The van der Waals surface area contributed by atoms with Crippen LogP contribution in [0, 0.1) is 19.0 Å². The third-order valence-corrected chi connectivity index (χ3v) is 15.1. The Balaban J connectivity index is 0.000000264. The van der Waals surface area contributed by atoms with Gasteiger partial charge in [0.05, 0.1) is 30.5 Å². The largest absolute Gasteiger partial charge is 0.501 e. The summed E-state index contributed by atoms with van der Waals surface area (Å²) in [5.74, 6) is 1.94. The van der Waals surface area contributed by atoms with Crippen LogP contribution in [0.1, 0.15) is 112 Å². The molecule has 0 saturated carbocycles. The minimum absolute atomic E-state index is 0. The van der Waals surface area contributed by atoms with Crippen LogP contribution in [0.15, 0.2) is 132 Å². The van der Waals surface area contributed by atoms with Gasteiger partial charge in [-0.3, -0.25) is 4.98 Å². The molecule has 67 heavy (non-hydrogen) atoms.